The van der Waals surface area contributed by atoms with Gasteiger partial charge in [0.25, 0.3) is 0 Å². The molecule has 17 heavy (non-hydrogen) atoms. The third kappa shape index (κ3) is 3.48. The summed E-state index contributed by atoms with van der Waals surface area (Å²) in [4.78, 5) is 4.22. The van der Waals surface area contributed by atoms with E-state index in [1.165, 1.54) is 11.1 Å². The fraction of sp³-hybridized carbons (Fsp3) is 0.583. The van der Waals surface area contributed by atoms with E-state index in [1.807, 2.05) is 12.3 Å². The lowest BCUT2D eigenvalue weighted by Gasteiger charge is -2.12. The molecule has 4 nitrogen and oxygen atoms in total. The molecule has 2 heterocycles. The molecule has 1 aliphatic rings. The molecule has 0 saturated carbocycles. The number of aromatic nitrogens is 1. The highest BCUT2D eigenvalue weighted by Crippen LogP contribution is 2.15. The number of aryl methyl sites for hydroxylation is 1. The van der Waals surface area contributed by atoms with E-state index in [1.54, 1.807) is 0 Å². The summed E-state index contributed by atoms with van der Waals surface area (Å²) in [7, 11) is 0. The molecule has 2 unspecified atom stereocenters. The first kappa shape index (κ1) is 13.0. The lowest BCUT2D eigenvalue weighted by atomic mass is 10.1. The maximum absolute atomic E-state index is 8.98. The second kappa shape index (κ2) is 5.91. The Morgan fingerprint density at radius 1 is 1.65 bits per heavy atom. The molecule has 1 fully saturated rings. The number of halogens is 1. The van der Waals surface area contributed by atoms with Gasteiger partial charge in [0.2, 0.25) is 0 Å². The van der Waals surface area contributed by atoms with Crippen LogP contribution < -0.4 is 5.32 Å². The van der Waals surface area contributed by atoms with Gasteiger partial charge in [-0.3, -0.25) is 0 Å². The van der Waals surface area contributed by atoms with Crippen LogP contribution in [0.2, 0.25) is 0 Å². The van der Waals surface area contributed by atoms with Crippen molar-refractivity contribution in [3.63, 3.8) is 0 Å². The van der Waals surface area contributed by atoms with E-state index in [0.717, 1.165) is 17.6 Å². The molecule has 0 aliphatic carbocycles. The van der Waals surface area contributed by atoms with Crippen molar-refractivity contribution in [3.05, 3.63) is 28.0 Å². The first-order valence-corrected chi connectivity index (χ1v) is 6.55. The van der Waals surface area contributed by atoms with E-state index in [0.29, 0.717) is 12.6 Å². The third-order valence-corrected chi connectivity index (χ3v) is 3.48. The van der Waals surface area contributed by atoms with Crippen molar-refractivity contribution in [1.29, 1.82) is 0 Å². The predicted octanol–water partition coefficient (Wildman–Crippen LogP) is 1.39. The number of nitrogens with one attached hydrogen (secondary N) is 1. The fourth-order valence-electron chi connectivity index (χ4n) is 1.96. The van der Waals surface area contributed by atoms with Crippen LogP contribution in [-0.2, 0) is 11.3 Å². The van der Waals surface area contributed by atoms with Gasteiger partial charge in [-0.1, -0.05) is 0 Å². The minimum atomic E-state index is -0.00311. The number of aliphatic hydroxyl groups is 1. The Morgan fingerprint density at radius 2 is 2.47 bits per heavy atom. The molecule has 2 N–H and O–H groups in total. The van der Waals surface area contributed by atoms with Gasteiger partial charge in [-0.05, 0) is 46.5 Å². The summed E-state index contributed by atoms with van der Waals surface area (Å²) in [6.07, 6.45) is 2.75. The summed E-state index contributed by atoms with van der Waals surface area (Å²) in [5.74, 6) is 0. The van der Waals surface area contributed by atoms with E-state index < -0.39 is 0 Å². The second-order valence-electron chi connectivity index (χ2n) is 4.38. The van der Waals surface area contributed by atoms with Gasteiger partial charge in [-0.25, -0.2) is 4.98 Å². The normalized spacial score (nSPS) is 24.2. The maximum Gasteiger partial charge on any atom is 0.106 e. The van der Waals surface area contributed by atoms with E-state index in [4.69, 9.17) is 9.84 Å². The molecule has 0 aromatic carbocycles. The van der Waals surface area contributed by atoms with Gasteiger partial charge >= 0.3 is 0 Å². The predicted molar refractivity (Wildman–Crippen MR) is 68.7 cm³/mol. The van der Waals surface area contributed by atoms with Crippen molar-refractivity contribution in [2.45, 2.75) is 32.0 Å². The van der Waals surface area contributed by atoms with Crippen molar-refractivity contribution in [2.75, 3.05) is 13.2 Å². The smallest absolute Gasteiger partial charge is 0.106 e. The summed E-state index contributed by atoms with van der Waals surface area (Å²) in [5.41, 5.74) is 2.41. The van der Waals surface area contributed by atoms with E-state index in [-0.39, 0.29) is 12.7 Å². The highest BCUT2D eigenvalue weighted by atomic mass is 79.9. The Morgan fingerprint density at radius 3 is 3.12 bits per heavy atom. The van der Waals surface area contributed by atoms with Gasteiger partial charge in [0, 0.05) is 18.8 Å². The van der Waals surface area contributed by atoms with Crippen molar-refractivity contribution < 1.29 is 9.84 Å². The van der Waals surface area contributed by atoms with Gasteiger partial charge in [-0.15, -0.1) is 0 Å². The molecule has 1 aromatic heterocycles. The largest absolute Gasteiger partial charge is 0.394 e. The number of ether oxygens (including phenoxy) is 1. The maximum atomic E-state index is 8.98. The molecular weight excluding hydrogens is 284 g/mol. The zero-order valence-electron chi connectivity index (χ0n) is 9.82. The average Bonchev–Trinajstić information content (AvgIpc) is 2.76. The fourth-order valence-corrected chi connectivity index (χ4v) is 2.41. The van der Waals surface area contributed by atoms with Crippen molar-refractivity contribution in [1.82, 2.24) is 10.3 Å². The number of pyridine rings is 1. The Hall–Kier alpha value is -0.490. The molecule has 94 valence electrons. The molecule has 5 heteroatoms. The van der Waals surface area contributed by atoms with Crippen molar-refractivity contribution in [3.8, 4) is 0 Å². The molecule has 0 radical (unpaired) electrons. The van der Waals surface area contributed by atoms with Crippen LogP contribution in [0.3, 0.4) is 0 Å². The Labute approximate surface area is 110 Å². The minimum absolute atomic E-state index is 0.00311. The zero-order chi connectivity index (χ0) is 12.3. The molecule has 1 saturated heterocycles. The van der Waals surface area contributed by atoms with Crippen molar-refractivity contribution >= 4 is 15.9 Å². The SMILES string of the molecule is Cc1cc(Br)ncc1CNC1COC(CO)C1. The summed E-state index contributed by atoms with van der Waals surface area (Å²) in [6, 6.07) is 2.34. The average molecular weight is 301 g/mol. The van der Waals surface area contributed by atoms with Gasteiger partial charge in [0.05, 0.1) is 19.3 Å². The molecule has 0 amide bonds. The Bertz CT molecular complexity index is 387. The number of hydrogen-bond donors (Lipinski definition) is 2. The van der Waals surface area contributed by atoms with Crippen LogP contribution in [0.4, 0.5) is 0 Å². The monoisotopic (exact) mass is 300 g/mol. The highest BCUT2D eigenvalue weighted by molar-refractivity contribution is 9.10. The van der Waals surface area contributed by atoms with E-state index in [2.05, 4.69) is 33.2 Å². The summed E-state index contributed by atoms with van der Waals surface area (Å²) in [5, 5.41) is 12.4. The molecule has 2 rings (SSSR count). The molecular formula is C12H17BrN2O2. The topological polar surface area (TPSA) is 54.4 Å². The molecule has 1 aromatic rings. The second-order valence-corrected chi connectivity index (χ2v) is 5.20. The summed E-state index contributed by atoms with van der Waals surface area (Å²) >= 11 is 3.35. The summed E-state index contributed by atoms with van der Waals surface area (Å²) in [6.45, 7) is 3.65. The standard InChI is InChI=1S/C12H17BrN2O2/c1-8-2-12(13)15-5-9(8)4-14-10-3-11(6-16)17-7-10/h2,5,10-11,14,16H,3-4,6-7H2,1H3. The van der Waals surface area contributed by atoms with Gasteiger partial charge in [0.1, 0.15) is 4.60 Å². The molecule has 0 spiro atoms. The van der Waals surface area contributed by atoms with Gasteiger partial charge in [0.15, 0.2) is 0 Å². The number of nitrogens with zero attached hydrogens (tertiary/aromatic N) is 1. The molecule has 1 aliphatic heterocycles. The lowest BCUT2D eigenvalue weighted by molar-refractivity contribution is 0.0580. The van der Waals surface area contributed by atoms with Gasteiger partial charge in [-0.2, -0.15) is 0 Å². The lowest BCUT2D eigenvalue weighted by Crippen LogP contribution is -2.29. The third-order valence-electron chi connectivity index (χ3n) is 3.05. The quantitative estimate of drug-likeness (QED) is 0.825. The Kier molecular flexibility index (Phi) is 4.50. The number of aliphatic hydroxyl groups excluding tert-OH is 1. The first-order valence-electron chi connectivity index (χ1n) is 5.76. The Balaban J connectivity index is 1.86. The number of hydrogen-bond acceptors (Lipinski definition) is 4. The van der Waals surface area contributed by atoms with Crippen LogP contribution in [0.25, 0.3) is 0 Å². The van der Waals surface area contributed by atoms with E-state index >= 15 is 0 Å². The molecule has 2 atom stereocenters. The molecule has 0 bridgehead atoms. The highest BCUT2D eigenvalue weighted by Gasteiger charge is 2.24. The van der Waals surface area contributed by atoms with Crippen LogP contribution in [0.5, 0.6) is 0 Å². The van der Waals surface area contributed by atoms with Crippen molar-refractivity contribution in [2.24, 2.45) is 0 Å². The summed E-state index contributed by atoms with van der Waals surface area (Å²) < 4.78 is 6.28. The van der Waals surface area contributed by atoms with Crippen LogP contribution in [0.1, 0.15) is 17.5 Å². The van der Waals surface area contributed by atoms with Crippen LogP contribution >= 0.6 is 15.9 Å². The first-order chi connectivity index (χ1) is 8.19. The van der Waals surface area contributed by atoms with Crippen LogP contribution in [0.15, 0.2) is 16.9 Å². The van der Waals surface area contributed by atoms with Crippen LogP contribution in [-0.4, -0.2) is 35.5 Å². The minimum Gasteiger partial charge on any atom is -0.394 e. The van der Waals surface area contributed by atoms with Gasteiger partial charge < -0.3 is 15.2 Å². The zero-order valence-corrected chi connectivity index (χ0v) is 11.4. The van der Waals surface area contributed by atoms with E-state index in [9.17, 15) is 0 Å². The van der Waals surface area contributed by atoms with Crippen LogP contribution in [0, 0.1) is 6.92 Å². The number of rotatable bonds is 4.